The zero-order chi connectivity index (χ0) is 12.3. The summed E-state index contributed by atoms with van der Waals surface area (Å²) >= 11 is 0. The molecule has 1 aliphatic heterocycles. The van der Waals surface area contributed by atoms with Crippen LogP contribution in [0.15, 0.2) is 18.3 Å². The van der Waals surface area contributed by atoms with Crippen molar-refractivity contribution in [3.63, 3.8) is 0 Å². The van der Waals surface area contributed by atoms with Gasteiger partial charge in [-0.15, -0.1) is 0 Å². The number of likely N-dealkylation sites (tertiary alicyclic amines) is 1. The number of pyridine rings is 1. The standard InChI is InChI=1S/C13H21N3O/c1-10-5-6-16(12(10)9-17)8-11-3-4-13(14-2)15-7-11/h3-4,7,10,12,17H,5-6,8-9H2,1-2H3,(H,14,15). The lowest BCUT2D eigenvalue weighted by atomic mass is 10.0. The molecule has 0 saturated carbocycles. The summed E-state index contributed by atoms with van der Waals surface area (Å²) in [5.74, 6) is 1.48. The van der Waals surface area contributed by atoms with Crippen molar-refractivity contribution < 1.29 is 5.11 Å². The van der Waals surface area contributed by atoms with Crippen LogP contribution in [-0.4, -0.2) is 41.2 Å². The first kappa shape index (κ1) is 12.3. The second kappa shape index (κ2) is 5.47. The van der Waals surface area contributed by atoms with Crippen molar-refractivity contribution in [3.8, 4) is 0 Å². The van der Waals surface area contributed by atoms with E-state index in [4.69, 9.17) is 0 Å². The number of nitrogens with one attached hydrogen (secondary N) is 1. The fourth-order valence-electron chi connectivity index (χ4n) is 2.48. The molecule has 4 heteroatoms. The molecule has 4 nitrogen and oxygen atoms in total. The quantitative estimate of drug-likeness (QED) is 0.826. The predicted molar refractivity (Wildman–Crippen MR) is 68.8 cm³/mol. The van der Waals surface area contributed by atoms with Crippen LogP contribution in [0.5, 0.6) is 0 Å². The van der Waals surface area contributed by atoms with Crippen molar-refractivity contribution in [1.82, 2.24) is 9.88 Å². The highest BCUT2D eigenvalue weighted by Gasteiger charge is 2.30. The Morgan fingerprint density at radius 1 is 1.53 bits per heavy atom. The molecule has 0 amide bonds. The molecule has 2 heterocycles. The third kappa shape index (κ3) is 2.76. The van der Waals surface area contributed by atoms with E-state index in [9.17, 15) is 5.11 Å². The van der Waals surface area contributed by atoms with Gasteiger partial charge >= 0.3 is 0 Å². The zero-order valence-corrected chi connectivity index (χ0v) is 10.6. The lowest BCUT2D eigenvalue weighted by Crippen LogP contribution is -2.34. The third-order valence-corrected chi connectivity index (χ3v) is 3.65. The normalized spacial score (nSPS) is 25.1. The zero-order valence-electron chi connectivity index (χ0n) is 10.6. The van der Waals surface area contributed by atoms with Crippen LogP contribution in [-0.2, 0) is 6.54 Å². The average Bonchev–Trinajstić information content (AvgIpc) is 2.71. The molecule has 0 aromatic carbocycles. The van der Waals surface area contributed by atoms with E-state index in [1.807, 2.05) is 19.3 Å². The molecule has 2 N–H and O–H groups in total. The fraction of sp³-hybridized carbons (Fsp3) is 0.615. The van der Waals surface area contributed by atoms with E-state index in [2.05, 4.69) is 28.2 Å². The number of aliphatic hydroxyl groups excluding tert-OH is 1. The molecule has 0 aliphatic carbocycles. The van der Waals surface area contributed by atoms with Gasteiger partial charge in [-0.2, -0.15) is 0 Å². The largest absolute Gasteiger partial charge is 0.395 e. The first-order valence-corrected chi connectivity index (χ1v) is 6.22. The van der Waals surface area contributed by atoms with Gasteiger partial charge in [0.1, 0.15) is 5.82 Å². The summed E-state index contributed by atoms with van der Waals surface area (Å²) in [6.45, 7) is 4.42. The topological polar surface area (TPSA) is 48.4 Å². The van der Waals surface area contributed by atoms with Crippen molar-refractivity contribution in [2.24, 2.45) is 5.92 Å². The maximum absolute atomic E-state index is 9.40. The van der Waals surface area contributed by atoms with E-state index in [-0.39, 0.29) is 6.61 Å². The van der Waals surface area contributed by atoms with Gasteiger partial charge in [0.2, 0.25) is 0 Å². The van der Waals surface area contributed by atoms with Crippen LogP contribution < -0.4 is 5.32 Å². The lowest BCUT2D eigenvalue weighted by molar-refractivity contribution is 0.134. The smallest absolute Gasteiger partial charge is 0.125 e. The molecule has 94 valence electrons. The molecule has 1 aliphatic rings. The van der Waals surface area contributed by atoms with E-state index in [0.717, 1.165) is 18.9 Å². The average molecular weight is 235 g/mol. The molecular formula is C13H21N3O. The van der Waals surface area contributed by atoms with Gasteiger partial charge in [-0.25, -0.2) is 4.98 Å². The van der Waals surface area contributed by atoms with Crippen molar-refractivity contribution >= 4 is 5.82 Å². The molecule has 17 heavy (non-hydrogen) atoms. The molecule has 1 fully saturated rings. The van der Waals surface area contributed by atoms with Gasteiger partial charge in [-0.1, -0.05) is 13.0 Å². The number of anilines is 1. The summed E-state index contributed by atoms with van der Waals surface area (Å²) in [4.78, 5) is 6.66. The minimum absolute atomic E-state index is 0.253. The maximum Gasteiger partial charge on any atom is 0.125 e. The van der Waals surface area contributed by atoms with Crippen LogP contribution >= 0.6 is 0 Å². The van der Waals surface area contributed by atoms with Gasteiger partial charge in [0.25, 0.3) is 0 Å². The van der Waals surface area contributed by atoms with Crippen LogP contribution in [0.2, 0.25) is 0 Å². The second-order valence-corrected chi connectivity index (χ2v) is 4.79. The molecule has 2 atom stereocenters. The van der Waals surface area contributed by atoms with Gasteiger partial charge in [-0.3, -0.25) is 4.90 Å². The molecule has 0 radical (unpaired) electrons. The Balaban J connectivity index is 2.00. The highest BCUT2D eigenvalue weighted by atomic mass is 16.3. The SMILES string of the molecule is CNc1ccc(CN2CCC(C)C2CO)cn1. The summed E-state index contributed by atoms with van der Waals surface area (Å²) < 4.78 is 0. The van der Waals surface area contributed by atoms with Crippen LogP contribution in [0.1, 0.15) is 18.9 Å². The Morgan fingerprint density at radius 3 is 2.94 bits per heavy atom. The lowest BCUT2D eigenvalue weighted by Gasteiger charge is -2.24. The molecule has 1 saturated heterocycles. The Kier molecular flexibility index (Phi) is 3.97. The monoisotopic (exact) mass is 235 g/mol. The van der Waals surface area contributed by atoms with Gasteiger partial charge in [-0.05, 0) is 30.5 Å². The van der Waals surface area contributed by atoms with Crippen molar-refractivity contribution in [2.45, 2.75) is 25.9 Å². The van der Waals surface area contributed by atoms with Crippen LogP contribution in [0.25, 0.3) is 0 Å². The van der Waals surface area contributed by atoms with Gasteiger partial charge < -0.3 is 10.4 Å². The number of aliphatic hydroxyl groups is 1. The van der Waals surface area contributed by atoms with E-state index < -0.39 is 0 Å². The molecule has 0 spiro atoms. The number of hydrogen-bond donors (Lipinski definition) is 2. The molecule has 2 unspecified atom stereocenters. The van der Waals surface area contributed by atoms with E-state index in [0.29, 0.717) is 12.0 Å². The first-order valence-electron chi connectivity index (χ1n) is 6.22. The minimum Gasteiger partial charge on any atom is -0.395 e. The van der Waals surface area contributed by atoms with E-state index in [1.165, 1.54) is 12.0 Å². The van der Waals surface area contributed by atoms with Crippen molar-refractivity contribution in [3.05, 3.63) is 23.9 Å². The molecule has 0 bridgehead atoms. The molecule has 1 aromatic rings. The third-order valence-electron chi connectivity index (χ3n) is 3.65. The van der Waals surface area contributed by atoms with Crippen molar-refractivity contribution in [1.29, 1.82) is 0 Å². The Labute approximate surface area is 103 Å². The summed E-state index contributed by atoms with van der Waals surface area (Å²) in [5, 5.41) is 12.4. The van der Waals surface area contributed by atoms with E-state index in [1.54, 1.807) is 0 Å². The highest BCUT2D eigenvalue weighted by Crippen LogP contribution is 2.25. The summed E-state index contributed by atoms with van der Waals surface area (Å²) in [6, 6.07) is 4.39. The van der Waals surface area contributed by atoms with Crippen LogP contribution in [0, 0.1) is 5.92 Å². The maximum atomic E-state index is 9.40. The predicted octanol–water partition coefficient (Wildman–Crippen LogP) is 1.33. The molecule has 2 rings (SSSR count). The number of aromatic nitrogens is 1. The molecular weight excluding hydrogens is 214 g/mol. The van der Waals surface area contributed by atoms with Crippen molar-refractivity contribution in [2.75, 3.05) is 25.5 Å². The summed E-state index contributed by atoms with van der Waals surface area (Å²) in [7, 11) is 1.87. The van der Waals surface area contributed by atoms with E-state index >= 15 is 0 Å². The fourth-order valence-corrected chi connectivity index (χ4v) is 2.48. The van der Waals surface area contributed by atoms with Gasteiger partial charge in [0.05, 0.1) is 6.61 Å². The molecule has 1 aromatic heterocycles. The Morgan fingerprint density at radius 2 is 2.35 bits per heavy atom. The summed E-state index contributed by atoms with van der Waals surface area (Å²) in [5.41, 5.74) is 1.21. The minimum atomic E-state index is 0.253. The van der Waals surface area contributed by atoms with Crippen LogP contribution in [0.3, 0.4) is 0 Å². The second-order valence-electron chi connectivity index (χ2n) is 4.79. The Bertz CT molecular complexity index is 352. The van der Waals surface area contributed by atoms with Gasteiger partial charge in [0.15, 0.2) is 0 Å². The summed E-state index contributed by atoms with van der Waals surface area (Å²) in [6.07, 6.45) is 3.08. The first-order chi connectivity index (χ1) is 8.24. The number of hydrogen-bond acceptors (Lipinski definition) is 4. The van der Waals surface area contributed by atoms with Gasteiger partial charge in [0, 0.05) is 25.8 Å². The number of nitrogens with zero attached hydrogens (tertiary/aromatic N) is 2. The van der Waals surface area contributed by atoms with Crippen LogP contribution in [0.4, 0.5) is 5.82 Å². The number of rotatable bonds is 4. The Hall–Kier alpha value is -1.13. The highest BCUT2D eigenvalue weighted by molar-refractivity contribution is 5.34.